The molecule has 1 heterocycles. The Kier molecular flexibility index (Phi) is 7.07. The van der Waals surface area contributed by atoms with Gasteiger partial charge in [0.1, 0.15) is 6.61 Å². The quantitative estimate of drug-likeness (QED) is 0.542. The molecule has 5 rings (SSSR count). The second kappa shape index (κ2) is 10.4. The summed E-state index contributed by atoms with van der Waals surface area (Å²) < 4.78 is 11.6. The lowest BCUT2D eigenvalue weighted by molar-refractivity contribution is -0.305. The third-order valence-electron chi connectivity index (χ3n) is 7.20. The molecule has 2 aliphatic carbocycles. The number of methoxy groups -OCH3 is 1. The van der Waals surface area contributed by atoms with Crippen LogP contribution in [0.25, 0.3) is 0 Å². The lowest BCUT2D eigenvalue weighted by atomic mass is 9.71. The summed E-state index contributed by atoms with van der Waals surface area (Å²) in [5.41, 5.74) is 4.11. The standard InChI is InChI=1S/C29H28ClNO6/c1-36-25-14-18(10-13-24(25)37-16-17-8-11-19(30)12-9-17)27-28-20(4-2-6-22(28)32)31(15-26(34)35)21-5-3-7-23(33)29(21)27/h8-14,27H,2-7,15-16H2,1H3,(H,34,35)/p-1. The zero-order valence-electron chi connectivity index (χ0n) is 20.6. The second-order valence-electron chi connectivity index (χ2n) is 9.49. The number of carboxylic acids is 1. The van der Waals surface area contributed by atoms with Gasteiger partial charge in [-0.05, 0) is 61.1 Å². The Balaban J connectivity index is 1.56. The number of halogens is 1. The largest absolute Gasteiger partial charge is 0.548 e. The van der Waals surface area contributed by atoms with Crippen molar-refractivity contribution in [2.24, 2.45) is 0 Å². The van der Waals surface area contributed by atoms with Gasteiger partial charge in [0.25, 0.3) is 0 Å². The van der Waals surface area contributed by atoms with Crippen LogP contribution in [0.1, 0.15) is 55.6 Å². The maximum atomic E-state index is 13.3. The Morgan fingerprint density at radius 1 is 0.946 bits per heavy atom. The van der Waals surface area contributed by atoms with Crippen molar-refractivity contribution in [1.29, 1.82) is 0 Å². The van der Waals surface area contributed by atoms with Crippen LogP contribution in [-0.4, -0.2) is 36.1 Å². The number of ether oxygens (including phenoxy) is 2. The molecule has 0 aromatic heterocycles. The van der Waals surface area contributed by atoms with Crippen LogP contribution < -0.4 is 14.6 Å². The molecule has 7 nitrogen and oxygen atoms in total. The number of benzene rings is 2. The number of hydrogen-bond acceptors (Lipinski definition) is 7. The first-order valence-electron chi connectivity index (χ1n) is 12.4. The fourth-order valence-electron chi connectivity index (χ4n) is 5.59. The Morgan fingerprint density at radius 3 is 2.14 bits per heavy atom. The molecule has 0 fully saturated rings. The van der Waals surface area contributed by atoms with Crippen molar-refractivity contribution in [3.63, 3.8) is 0 Å². The first kappa shape index (κ1) is 25.1. The van der Waals surface area contributed by atoms with Gasteiger partial charge < -0.3 is 24.3 Å². The molecule has 0 amide bonds. The molecular weight excluding hydrogens is 494 g/mol. The maximum Gasteiger partial charge on any atom is 0.161 e. The van der Waals surface area contributed by atoms with Crippen LogP contribution in [0, 0.1) is 0 Å². The van der Waals surface area contributed by atoms with Crippen LogP contribution >= 0.6 is 11.6 Å². The average molecular weight is 521 g/mol. The molecule has 2 aromatic carbocycles. The van der Waals surface area contributed by atoms with Crippen LogP contribution in [-0.2, 0) is 21.0 Å². The fraction of sp³-hybridized carbons (Fsp3) is 0.345. The van der Waals surface area contributed by atoms with Gasteiger partial charge in [-0.2, -0.15) is 0 Å². The van der Waals surface area contributed by atoms with Gasteiger partial charge in [-0.1, -0.05) is 29.8 Å². The van der Waals surface area contributed by atoms with Crippen molar-refractivity contribution < 1.29 is 29.0 Å². The highest BCUT2D eigenvalue weighted by Gasteiger charge is 2.43. The summed E-state index contributed by atoms with van der Waals surface area (Å²) in [4.78, 5) is 39.9. The fourth-order valence-corrected chi connectivity index (χ4v) is 5.72. The highest BCUT2D eigenvalue weighted by Crippen LogP contribution is 2.50. The SMILES string of the molecule is COc1cc(C2C3=C(CCCC3=O)N(CC(=O)[O-])C3=C2C(=O)CCC3)ccc1OCc1ccc(Cl)cc1. The molecule has 0 radical (unpaired) electrons. The van der Waals surface area contributed by atoms with Crippen molar-refractivity contribution in [2.45, 2.75) is 51.0 Å². The first-order chi connectivity index (χ1) is 17.9. The van der Waals surface area contributed by atoms with Gasteiger partial charge >= 0.3 is 0 Å². The number of carbonyl (C=O) groups excluding carboxylic acids is 3. The molecule has 3 aliphatic rings. The number of allylic oxidation sites excluding steroid dienone is 4. The zero-order valence-corrected chi connectivity index (χ0v) is 21.3. The predicted molar refractivity (Wildman–Crippen MR) is 135 cm³/mol. The lowest BCUT2D eigenvalue weighted by Crippen LogP contribution is -2.44. The van der Waals surface area contributed by atoms with E-state index in [-0.39, 0.29) is 18.1 Å². The third kappa shape index (κ3) is 4.88. The van der Waals surface area contributed by atoms with Crippen molar-refractivity contribution in [1.82, 2.24) is 4.90 Å². The zero-order chi connectivity index (χ0) is 26.1. The topological polar surface area (TPSA) is 96.0 Å². The minimum Gasteiger partial charge on any atom is -0.548 e. The van der Waals surface area contributed by atoms with E-state index in [0.717, 1.165) is 11.1 Å². The minimum absolute atomic E-state index is 0.0541. The van der Waals surface area contributed by atoms with Crippen molar-refractivity contribution in [2.75, 3.05) is 13.7 Å². The lowest BCUT2D eigenvalue weighted by Gasteiger charge is -2.44. The molecule has 0 bridgehead atoms. The van der Waals surface area contributed by atoms with Gasteiger partial charge in [0.15, 0.2) is 23.1 Å². The van der Waals surface area contributed by atoms with E-state index >= 15 is 0 Å². The Bertz CT molecular complexity index is 1280. The Hall–Kier alpha value is -3.58. The number of rotatable bonds is 7. The highest BCUT2D eigenvalue weighted by molar-refractivity contribution is 6.30. The smallest absolute Gasteiger partial charge is 0.161 e. The Morgan fingerprint density at radius 2 is 1.57 bits per heavy atom. The predicted octanol–water partition coefficient (Wildman–Crippen LogP) is 4.09. The molecule has 0 unspecified atom stereocenters. The van der Waals surface area contributed by atoms with E-state index in [1.807, 2.05) is 24.3 Å². The Labute approximate surface area is 220 Å². The van der Waals surface area contributed by atoms with Gasteiger partial charge in [-0.3, -0.25) is 9.59 Å². The number of carboxylic acid groups (broad SMARTS) is 1. The highest BCUT2D eigenvalue weighted by atomic mass is 35.5. The summed E-state index contributed by atoms with van der Waals surface area (Å²) in [7, 11) is 1.55. The molecule has 0 N–H and O–H groups in total. The number of Topliss-reactive ketones (excluding diaryl/α,β-unsaturated/α-hetero) is 2. The number of aliphatic carboxylic acids is 1. The van der Waals surface area contributed by atoms with Crippen molar-refractivity contribution in [3.05, 3.63) is 81.2 Å². The van der Waals surface area contributed by atoms with Gasteiger partial charge in [0.2, 0.25) is 0 Å². The molecule has 0 saturated heterocycles. The second-order valence-corrected chi connectivity index (χ2v) is 9.93. The van der Waals surface area contributed by atoms with Gasteiger partial charge in [-0.25, -0.2) is 0 Å². The summed E-state index contributed by atoms with van der Waals surface area (Å²) in [5.74, 6) is -0.897. The maximum absolute atomic E-state index is 13.3. The molecule has 192 valence electrons. The molecular formula is C29H27ClNO6-. The normalized spacial score (nSPS) is 18.1. The molecule has 0 saturated carbocycles. The van der Waals surface area contributed by atoms with E-state index in [9.17, 15) is 19.5 Å². The number of carbonyl (C=O) groups is 3. The van der Waals surface area contributed by atoms with Crippen LogP contribution in [0.3, 0.4) is 0 Å². The molecule has 8 heteroatoms. The van der Waals surface area contributed by atoms with E-state index in [0.29, 0.717) is 84.2 Å². The molecule has 1 aliphatic heterocycles. The van der Waals surface area contributed by atoms with E-state index < -0.39 is 11.9 Å². The number of ketones is 2. The third-order valence-corrected chi connectivity index (χ3v) is 7.45. The van der Waals surface area contributed by atoms with E-state index in [4.69, 9.17) is 21.1 Å². The summed E-state index contributed by atoms with van der Waals surface area (Å²) in [6.45, 7) is -0.0538. The van der Waals surface area contributed by atoms with Crippen LogP contribution in [0.15, 0.2) is 65.0 Å². The number of hydrogen-bond donors (Lipinski definition) is 0. The molecule has 0 spiro atoms. The summed E-state index contributed by atoms with van der Waals surface area (Å²) >= 11 is 5.97. The van der Waals surface area contributed by atoms with Crippen molar-refractivity contribution in [3.8, 4) is 11.5 Å². The van der Waals surface area contributed by atoms with Crippen LogP contribution in [0.2, 0.25) is 5.02 Å². The molecule has 37 heavy (non-hydrogen) atoms. The summed E-state index contributed by atoms with van der Waals surface area (Å²) in [6, 6.07) is 12.8. The average Bonchev–Trinajstić information content (AvgIpc) is 2.89. The van der Waals surface area contributed by atoms with E-state index in [2.05, 4.69) is 0 Å². The van der Waals surface area contributed by atoms with Gasteiger partial charge in [0, 0.05) is 46.3 Å². The van der Waals surface area contributed by atoms with Gasteiger partial charge in [0.05, 0.1) is 19.6 Å². The molecule has 0 atom stereocenters. The minimum atomic E-state index is -1.24. The van der Waals surface area contributed by atoms with Crippen LogP contribution in [0.5, 0.6) is 11.5 Å². The molecule has 2 aromatic rings. The monoisotopic (exact) mass is 520 g/mol. The van der Waals surface area contributed by atoms with Gasteiger partial charge in [-0.15, -0.1) is 0 Å². The van der Waals surface area contributed by atoms with E-state index in [1.165, 1.54) is 0 Å². The first-order valence-corrected chi connectivity index (χ1v) is 12.8. The van der Waals surface area contributed by atoms with Crippen molar-refractivity contribution >= 4 is 29.1 Å². The summed E-state index contributed by atoms with van der Waals surface area (Å²) in [6.07, 6.45) is 3.18. The number of nitrogens with zero attached hydrogens (tertiary/aromatic N) is 1. The van der Waals surface area contributed by atoms with Crippen LogP contribution in [0.4, 0.5) is 0 Å². The van der Waals surface area contributed by atoms with E-state index in [1.54, 1.807) is 30.2 Å². The summed E-state index contributed by atoms with van der Waals surface area (Å²) in [5, 5.41) is 12.3.